The topological polar surface area (TPSA) is 34.1 Å². The Balaban J connectivity index is 2.55. The second kappa shape index (κ2) is 6.28. The third-order valence-electron chi connectivity index (χ3n) is 2.05. The van der Waals surface area contributed by atoms with E-state index in [2.05, 4.69) is 0 Å². The number of hydrogen-bond acceptors (Lipinski definition) is 2. The van der Waals surface area contributed by atoms with Gasteiger partial charge in [-0.05, 0) is 12.5 Å². The first-order valence-electron chi connectivity index (χ1n) is 5.17. The van der Waals surface area contributed by atoms with E-state index in [1.165, 1.54) is 0 Å². The van der Waals surface area contributed by atoms with Crippen molar-refractivity contribution in [1.29, 1.82) is 0 Å². The molecule has 0 fully saturated rings. The molecule has 0 atom stereocenters. The summed E-state index contributed by atoms with van der Waals surface area (Å²) in [5.74, 6) is 0.203. The van der Waals surface area contributed by atoms with Crippen LogP contribution in [0.25, 0.3) is 6.08 Å². The molecule has 16 heavy (non-hydrogen) atoms. The van der Waals surface area contributed by atoms with Crippen LogP contribution in [0, 0.1) is 0 Å². The molecule has 1 aromatic rings. The smallest absolute Gasteiger partial charge is 0.157 e. The van der Waals surface area contributed by atoms with Crippen LogP contribution in [0.3, 0.4) is 0 Å². The molecule has 1 aromatic carbocycles. The predicted octanol–water partition coefficient (Wildman–Crippen LogP) is 2.69. The molecule has 0 unspecified atom stereocenters. The number of sulfone groups is 1. The molecule has 0 N–H and O–H groups in total. The van der Waals surface area contributed by atoms with Gasteiger partial charge in [-0.1, -0.05) is 54.6 Å². The Morgan fingerprint density at radius 3 is 2.31 bits per heavy atom. The first kappa shape index (κ1) is 12.7. The summed E-state index contributed by atoms with van der Waals surface area (Å²) in [6.07, 6.45) is 6.92. The van der Waals surface area contributed by atoms with Gasteiger partial charge in [0.05, 0.1) is 11.5 Å². The van der Waals surface area contributed by atoms with Gasteiger partial charge in [0.15, 0.2) is 9.84 Å². The van der Waals surface area contributed by atoms with Gasteiger partial charge in [-0.3, -0.25) is 0 Å². The fourth-order valence-electron chi connectivity index (χ4n) is 1.21. The van der Waals surface area contributed by atoms with Gasteiger partial charge < -0.3 is 0 Å². The van der Waals surface area contributed by atoms with Crippen molar-refractivity contribution in [2.45, 2.75) is 6.92 Å². The average molecular weight is 236 g/mol. The molecule has 3 heteroatoms. The standard InChI is InChI=1S/C13H16O2S/c1-2-3-11-16(14,15)12-7-10-13-8-5-4-6-9-13/h2-10H,11-12H2,1H3/b3-2+,10-7+. The van der Waals surface area contributed by atoms with E-state index in [-0.39, 0.29) is 11.5 Å². The van der Waals surface area contributed by atoms with Crippen molar-refractivity contribution in [3.63, 3.8) is 0 Å². The summed E-state index contributed by atoms with van der Waals surface area (Å²) in [6, 6.07) is 9.66. The monoisotopic (exact) mass is 236 g/mol. The third kappa shape index (κ3) is 4.94. The van der Waals surface area contributed by atoms with Crippen LogP contribution in [0.2, 0.25) is 0 Å². The van der Waals surface area contributed by atoms with Gasteiger partial charge in [-0.2, -0.15) is 0 Å². The summed E-state index contributed by atoms with van der Waals surface area (Å²) in [4.78, 5) is 0. The van der Waals surface area contributed by atoms with E-state index in [1.54, 1.807) is 18.2 Å². The largest absolute Gasteiger partial charge is 0.228 e. The first-order chi connectivity index (χ1) is 7.64. The normalized spacial score (nSPS) is 12.6. The molecule has 0 aliphatic carbocycles. The van der Waals surface area contributed by atoms with Crippen LogP contribution in [0.4, 0.5) is 0 Å². The van der Waals surface area contributed by atoms with E-state index in [0.29, 0.717) is 0 Å². The molecule has 0 aliphatic rings. The van der Waals surface area contributed by atoms with Crippen molar-refractivity contribution in [2.75, 3.05) is 11.5 Å². The summed E-state index contributed by atoms with van der Waals surface area (Å²) in [5.41, 5.74) is 1.02. The highest BCUT2D eigenvalue weighted by atomic mass is 32.2. The molecule has 0 saturated heterocycles. The fraction of sp³-hybridized carbons (Fsp3) is 0.231. The summed E-state index contributed by atoms with van der Waals surface area (Å²) < 4.78 is 23.0. The van der Waals surface area contributed by atoms with E-state index in [1.807, 2.05) is 43.3 Å². The first-order valence-corrected chi connectivity index (χ1v) is 6.99. The Bertz CT molecular complexity index is 456. The molecule has 0 aliphatic heterocycles. The Morgan fingerprint density at radius 2 is 1.69 bits per heavy atom. The number of benzene rings is 1. The minimum atomic E-state index is -2.99. The highest BCUT2D eigenvalue weighted by Crippen LogP contribution is 2.02. The Labute approximate surface area is 97.2 Å². The van der Waals surface area contributed by atoms with E-state index in [4.69, 9.17) is 0 Å². The molecule has 1 rings (SSSR count). The quantitative estimate of drug-likeness (QED) is 0.737. The van der Waals surface area contributed by atoms with Crippen molar-refractivity contribution < 1.29 is 8.42 Å². The van der Waals surface area contributed by atoms with Gasteiger partial charge in [-0.25, -0.2) is 8.42 Å². The van der Waals surface area contributed by atoms with Gasteiger partial charge in [-0.15, -0.1) is 0 Å². The van der Waals surface area contributed by atoms with Gasteiger partial charge in [0.2, 0.25) is 0 Å². The zero-order chi connectivity index (χ0) is 11.9. The Morgan fingerprint density at radius 1 is 1.06 bits per heavy atom. The maximum atomic E-state index is 11.5. The van der Waals surface area contributed by atoms with Crippen molar-refractivity contribution >= 4 is 15.9 Å². The number of hydrogen-bond donors (Lipinski definition) is 0. The maximum absolute atomic E-state index is 11.5. The van der Waals surface area contributed by atoms with E-state index < -0.39 is 9.84 Å². The van der Waals surface area contributed by atoms with Crippen LogP contribution in [-0.2, 0) is 9.84 Å². The summed E-state index contributed by atoms with van der Waals surface area (Å²) >= 11 is 0. The fourth-order valence-corrected chi connectivity index (χ4v) is 2.22. The lowest BCUT2D eigenvalue weighted by atomic mass is 10.2. The molecule has 0 radical (unpaired) electrons. The van der Waals surface area contributed by atoms with Crippen LogP contribution in [0.15, 0.2) is 48.6 Å². The highest BCUT2D eigenvalue weighted by molar-refractivity contribution is 7.91. The predicted molar refractivity (Wildman–Crippen MR) is 68.9 cm³/mol. The van der Waals surface area contributed by atoms with Gasteiger partial charge in [0, 0.05) is 0 Å². The number of rotatable bonds is 5. The number of allylic oxidation sites excluding steroid dienone is 1. The molecule has 2 nitrogen and oxygen atoms in total. The van der Waals surface area contributed by atoms with Crippen molar-refractivity contribution in [3.05, 3.63) is 54.1 Å². The average Bonchev–Trinajstić information content (AvgIpc) is 2.28. The van der Waals surface area contributed by atoms with Crippen molar-refractivity contribution in [3.8, 4) is 0 Å². The highest BCUT2D eigenvalue weighted by Gasteiger charge is 2.04. The van der Waals surface area contributed by atoms with Gasteiger partial charge in [0.1, 0.15) is 0 Å². The lowest BCUT2D eigenvalue weighted by molar-refractivity contribution is 0.602. The summed E-state index contributed by atoms with van der Waals surface area (Å²) in [7, 11) is -2.99. The van der Waals surface area contributed by atoms with E-state index >= 15 is 0 Å². The molecule has 86 valence electrons. The molecular formula is C13H16O2S. The van der Waals surface area contributed by atoms with Gasteiger partial charge >= 0.3 is 0 Å². The minimum absolute atomic E-state index is 0.0895. The van der Waals surface area contributed by atoms with Gasteiger partial charge in [0.25, 0.3) is 0 Å². The lowest BCUT2D eigenvalue weighted by Gasteiger charge is -1.96. The SMILES string of the molecule is C/C=C/CS(=O)(=O)C/C=C/c1ccccc1. The zero-order valence-corrected chi connectivity index (χ0v) is 10.2. The third-order valence-corrected chi connectivity index (χ3v) is 3.45. The summed E-state index contributed by atoms with van der Waals surface area (Å²) in [5, 5.41) is 0. The Hall–Kier alpha value is -1.35. The second-order valence-corrected chi connectivity index (χ2v) is 5.61. The zero-order valence-electron chi connectivity index (χ0n) is 9.34. The Kier molecular flexibility index (Phi) is 4.99. The van der Waals surface area contributed by atoms with Crippen LogP contribution >= 0.6 is 0 Å². The van der Waals surface area contributed by atoms with E-state index in [9.17, 15) is 8.42 Å². The molecular weight excluding hydrogens is 220 g/mol. The summed E-state index contributed by atoms with van der Waals surface area (Å²) in [6.45, 7) is 1.81. The van der Waals surface area contributed by atoms with Crippen molar-refractivity contribution in [2.24, 2.45) is 0 Å². The molecule has 0 bridgehead atoms. The molecule has 0 spiro atoms. The molecule has 0 aromatic heterocycles. The van der Waals surface area contributed by atoms with E-state index in [0.717, 1.165) is 5.56 Å². The minimum Gasteiger partial charge on any atom is -0.228 e. The van der Waals surface area contributed by atoms with Crippen LogP contribution in [0.5, 0.6) is 0 Å². The van der Waals surface area contributed by atoms with Crippen LogP contribution < -0.4 is 0 Å². The second-order valence-electron chi connectivity index (χ2n) is 3.46. The molecule has 0 saturated carbocycles. The maximum Gasteiger partial charge on any atom is 0.157 e. The lowest BCUT2D eigenvalue weighted by Crippen LogP contribution is -2.07. The molecule has 0 heterocycles. The van der Waals surface area contributed by atoms with Crippen LogP contribution in [0.1, 0.15) is 12.5 Å². The molecule has 0 amide bonds. The van der Waals surface area contributed by atoms with Crippen molar-refractivity contribution in [1.82, 2.24) is 0 Å². The van der Waals surface area contributed by atoms with Crippen LogP contribution in [-0.4, -0.2) is 19.9 Å².